The van der Waals surface area contributed by atoms with Gasteiger partial charge in [-0.2, -0.15) is 0 Å². The van der Waals surface area contributed by atoms with Crippen molar-refractivity contribution in [3.05, 3.63) is 65.4 Å². The van der Waals surface area contributed by atoms with Crippen LogP contribution in [0.25, 0.3) is 10.9 Å². The first-order valence-electron chi connectivity index (χ1n) is 7.27. The maximum absolute atomic E-state index is 12.5. The van der Waals surface area contributed by atoms with Crippen molar-refractivity contribution in [1.82, 2.24) is 4.98 Å². The molecule has 0 unspecified atom stereocenters. The van der Waals surface area contributed by atoms with Gasteiger partial charge < -0.3 is 15.4 Å². The number of aromatic nitrogens is 1. The number of aliphatic hydroxyl groups excluding tert-OH is 1. The molecular weight excluding hydrogens is 276 g/mol. The summed E-state index contributed by atoms with van der Waals surface area (Å²) in [6.45, 7) is 2.03. The van der Waals surface area contributed by atoms with Gasteiger partial charge in [0.05, 0.1) is 5.56 Å². The summed E-state index contributed by atoms with van der Waals surface area (Å²) in [7, 11) is 0. The Morgan fingerprint density at radius 2 is 1.86 bits per heavy atom. The molecule has 0 spiro atoms. The normalized spacial score (nSPS) is 10.8. The van der Waals surface area contributed by atoms with Crippen molar-refractivity contribution < 1.29 is 9.90 Å². The lowest BCUT2D eigenvalue weighted by Crippen LogP contribution is -2.12. The molecule has 3 N–H and O–H groups in total. The number of anilines is 1. The topological polar surface area (TPSA) is 65.1 Å². The zero-order valence-corrected chi connectivity index (χ0v) is 12.4. The van der Waals surface area contributed by atoms with Gasteiger partial charge in [0.2, 0.25) is 0 Å². The van der Waals surface area contributed by atoms with Gasteiger partial charge in [-0.1, -0.05) is 30.3 Å². The second kappa shape index (κ2) is 6.03. The van der Waals surface area contributed by atoms with Gasteiger partial charge in [-0.15, -0.1) is 0 Å². The summed E-state index contributed by atoms with van der Waals surface area (Å²) in [5.74, 6) is -0.121. The number of aryl methyl sites for hydroxylation is 1. The number of carbonyl (C=O) groups is 1. The van der Waals surface area contributed by atoms with Gasteiger partial charge in [-0.25, -0.2) is 0 Å². The van der Waals surface area contributed by atoms with E-state index in [0.717, 1.165) is 27.8 Å². The van der Waals surface area contributed by atoms with E-state index in [1.165, 1.54) is 0 Å². The lowest BCUT2D eigenvalue weighted by Gasteiger charge is -2.06. The molecule has 1 aromatic heterocycles. The van der Waals surface area contributed by atoms with E-state index in [1.807, 2.05) is 55.5 Å². The maximum Gasteiger partial charge on any atom is 0.258 e. The van der Waals surface area contributed by atoms with Crippen LogP contribution in [0.3, 0.4) is 0 Å². The van der Waals surface area contributed by atoms with E-state index in [9.17, 15) is 4.79 Å². The van der Waals surface area contributed by atoms with Crippen LogP contribution in [0.2, 0.25) is 0 Å². The van der Waals surface area contributed by atoms with Gasteiger partial charge in [0, 0.05) is 28.9 Å². The van der Waals surface area contributed by atoms with Crippen LogP contribution >= 0.6 is 0 Å². The van der Waals surface area contributed by atoms with E-state index < -0.39 is 0 Å². The Morgan fingerprint density at radius 3 is 2.59 bits per heavy atom. The minimum atomic E-state index is -0.121. The molecule has 0 aliphatic rings. The maximum atomic E-state index is 12.5. The standard InChI is InChI=1S/C18H18N2O2/c1-12-17(15-4-2-3-5-16(15)19-12)18(22)20-14-8-6-13(7-9-14)10-11-21/h2-9,19,21H,10-11H2,1H3,(H,20,22). The van der Waals surface area contributed by atoms with E-state index in [2.05, 4.69) is 10.3 Å². The predicted molar refractivity (Wildman–Crippen MR) is 88.2 cm³/mol. The van der Waals surface area contributed by atoms with Crippen molar-refractivity contribution in [1.29, 1.82) is 0 Å². The zero-order chi connectivity index (χ0) is 15.5. The van der Waals surface area contributed by atoms with Crippen molar-refractivity contribution in [2.24, 2.45) is 0 Å². The summed E-state index contributed by atoms with van der Waals surface area (Å²) in [6, 6.07) is 15.3. The molecule has 1 amide bonds. The van der Waals surface area contributed by atoms with Crippen molar-refractivity contribution >= 4 is 22.5 Å². The lowest BCUT2D eigenvalue weighted by atomic mass is 10.1. The summed E-state index contributed by atoms with van der Waals surface area (Å²) in [4.78, 5) is 15.8. The van der Waals surface area contributed by atoms with Crippen molar-refractivity contribution in [3.63, 3.8) is 0 Å². The van der Waals surface area contributed by atoms with E-state index in [0.29, 0.717) is 12.0 Å². The average molecular weight is 294 g/mol. The first-order chi connectivity index (χ1) is 10.7. The number of benzene rings is 2. The number of carbonyl (C=O) groups excluding carboxylic acids is 1. The Morgan fingerprint density at radius 1 is 1.14 bits per heavy atom. The number of rotatable bonds is 4. The summed E-state index contributed by atoms with van der Waals surface area (Å²) >= 11 is 0. The van der Waals surface area contributed by atoms with Gasteiger partial charge in [-0.05, 0) is 37.1 Å². The number of H-pyrrole nitrogens is 1. The molecule has 2 aromatic carbocycles. The van der Waals surface area contributed by atoms with Crippen LogP contribution in [0.15, 0.2) is 48.5 Å². The Labute approximate surface area is 128 Å². The van der Waals surface area contributed by atoms with Gasteiger partial charge in [0.25, 0.3) is 5.91 Å². The average Bonchev–Trinajstić information content (AvgIpc) is 2.85. The Hall–Kier alpha value is -2.59. The van der Waals surface area contributed by atoms with Crippen LogP contribution < -0.4 is 5.32 Å². The van der Waals surface area contributed by atoms with Gasteiger partial charge in [0.15, 0.2) is 0 Å². The fourth-order valence-corrected chi connectivity index (χ4v) is 2.65. The molecule has 3 aromatic rings. The minimum Gasteiger partial charge on any atom is -0.396 e. The largest absolute Gasteiger partial charge is 0.396 e. The SMILES string of the molecule is Cc1[nH]c2ccccc2c1C(=O)Nc1ccc(CCO)cc1. The van der Waals surface area contributed by atoms with Crippen LogP contribution in [0.5, 0.6) is 0 Å². The molecule has 22 heavy (non-hydrogen) atoms. The number of hydrogen-bond acceptors (Lipinski definition) is 2. The van der Waals surface area contributed by atoms with Crippen molar-refractivity contribution in [3.8, 4) is 0 Å². The molecule has 0 radical (unpaired) electrons. The Bertz CT molecular complexity index is 804. The van der Waals surface area contributed by atoms with Crippen LogP contribution in [-0.2, 0) is 6.42 Å². The van der Waals surface area contributed by atoms with Crippen LogP contribution in [-0.4, -0.2) is 22.6 Å². The van der Waals surface area contributed by atoms with E-state index in [-0.39, 0.29) is 12.5 Å². The molecule has 112 valence electrons. The minimum absolute atomic E-state index is 0.121. The van der Waals surface area contributed by atoms with Crippen LogP contribution in [0.4, 0.5) is 5.69 Å². The molecular formula is C18H18N2O2. The first-order valence-corrected chi connectivity index (χ1v) is 7.27. The highest BCUT2D eigenvalue weighted by atomic mass is 16.2. The molecule has 0 bridgehead atoms. The number of nitrogens with one attached hydrogen (secondary N) is 2. The molecule has 3 rings (SSSR count). The highest BCUT2D eigenvalue weighted by molar-refractivity contribution is 6.13. The number of aliphatic hydroxyl groups is 1. The number of fused-ring (bicyclic) bond motifs is 1. The molecule has 1 heterocycles. The second-order valence-electron chi connectivity index (χ2n) is 5.30. The summed E-state index contributed by atoms with van der Waals surface area (Å²) in [5.41, 5.74) is 4.29. The molecule has 0 aliphatic heterocycles. The number of aromatic amines is 1. The monoisotopic (exact) mass is 294 g/mol. The number of hydrogen-bond donors (Lipinski definition) is 3. The second-order valence-corrected chi connectivity index (χ2v) is 5.30. The smallest absolute Gasteiger partial charge is 0.258 e. The first kappa shape index (κ1) is 14.4. The fraction of sp³-hybridized carbons (Fsp3) is 0.167. The third kappa shape index (κ3) is 2.73. The summed E-state index contributed by atoms with van der Waals surface area (Å²) in [5, 5.41) is 12.8. The van der Waals surface area contributed by atoms with Gasteiger partial charge in [-0.3, -0.25) is 4.79 Å². The summed E-state index contributed by atoms with van der Waals surface area (Å²) < 4.78 is 0. The molecule has 0 saturated carbocycles. The van der Waals surface area contributed by atoms with Crippen molar-refractivity contribution in [2.45, 2.75) is 13.3 Å². The quantitative estimate of drug-likeness (QED) is 0.691. The molecule has 0 aliphatic carbocycles. The van der Waals surface area contributed by atoms with Crippen LogP contribution in [0.1, 0.15) is 21.6 Å². The molecule has 0 fully saturated rings. The third-order valence-corrected chi connectivity index (χ3v) is 3.73. The predicted octanol–water partition coefficient (Wildman–Crippen LogP) is 3.26. The van der Waals surface area contributed by atoms with Gasteiger partial charge >= 0.3 is 0 Å². The highest BCUT2D eigenvalue weighted by Crippen LogP contribution is 2.23. The summed E-state index contributed by atoms with van der Waals surface area (Å²) in [6.07, 6.45) is 0.621. The lowest BCUT2D eigenvalue weighted by molar-refractivity contribution is 0.102. The zero-order valence-electron chi connectivity index (χ0n) is 12.4. The molecule has 4 nitrogen and oxygen atoms in total. The highest BCUT2D eigenvalue weighted by Gasteiger charge is 2.15. The number of para-hydroxylation sites is 1. The molecule has 0 atom stereocenters. The Kier molecular flexibility index (Phi) is 3.94. The van der Waals surface area contributed by atoms with Crippen molar-refractivity contribution in [2.75, 3.05) is 11.9 Å². The molecule has 0 saturated heterocycles. The van der Waals surface area contributed by atoms with E-state index in [1.54, 1.807) is 0 Å². The van der Waals surface area contributed by atoms with Gasteiger partial charge in [0.1, 0.15) is 0 Å². The third-order valence-electron chi connectivity index (χ3n) is 3.73. The van der Waals surface area contributed by atoms with E-state index in [4.69, 9.17) is 5.11 Å². The fourth-order valence-electron chi connectivity index (χ4n) is 2.65. The number of amides is 1. The van der Waals surface area contributed by atoms with Crippen LogP contribution in [0, 0.1) is 6.92 Å². The Balaban J connectivity index is 1.85. The molecule has 4 heteroatoms. The van der Waals surface area contributed by atoms with E-state index >= 15 is 0 Å².